The van der Waals surface area contributed by atoms with Crippen molar-refractivity contribution in [3.8, 4) is 0 Å². The molecule has 0 aliphatic heterocycles. The highest BCUT2D eigenvalue weighted by Gasteiger charge is 2.08. The summed E-state index contributed by atoms with van der Waals surface area (Å²) in [6.07, 6.45) is 4.18. The Labute approximate surface area is 156 Å². The van der Waals surface area contributed by atoms with Crippen LogP contribution in [-0.4, -0.2) is 44.5 Å². The number of hydrogen-bond donors (Lipinski definition) is 2. The second kappa shape index (κ2) is 13.6. The van der Waals surface area contributed by atoms with Gasteiger partial charge in [0.15, 0.2) is 5.96 Å². The summed E-state index contributed by atoms with van der Waals surface area (Å²) >= 11 is 0. The minimum Gasteiger partial charge on any atom is -0.381 e. The van der Waals surface area contributed by atoms with Crippen LogP contribution in [0.1, 0.15) is 43.2 Å². The van der Waals surface area contributed by atoms with Gasteiger partial charge in [-0.1, -0.05) is 18.5 Å². The van der Waals surface area contributed by atoms with E-state index in [0.717, 1.165) is 63.0 Å². The van der Waals surface area contributed by atoms with Crippen molar-refractivity contribution in [2.45, 2.75) is 46.5 Å². The topological polar surface area (TPSA) is 71.7 Å². The number of ether oxygens (including phenoxy) is 1. The Balaban J connectivity index is 0.00000484. The van der Waals surface area contributed by atoms with Gasteiger partial charge >= 0.3 is 0 Å². The van der Waals surface area contributed by atoms with Crippen molar-refractivity contribution >= 4 is 29.9 Å². The summed E-state index contributed by atoms with van der Waals surface area (Å²) in [7, 11) is 1.78. The van der Waals surface area contributed by atoms with E-state index < -0.39 is 0 Å². The zero-order valence-corrected chi connectivity index (χ0v) is 17.1. The zero-order chi connectivity index (χ0) is 16.2. The van der Waals surface area contributed by atoms with Crippen LogP contribution in [0.2, 0.25) is 0 Å². The molecule has 0 saturated carbocycles. The van der Waals surface area contributed by atoms with E-state index in [9.17, 15) is 0 Å². The highest BCUT2D eigenvalue weighted by atomic mass is 127. The molecule has 0 fully saturated rings. The number of aryl methyl sites for hydroxylation is 2. The minimum absolute atomic E-state index is 0. The number of aliphatic imine (C=N–C) groups is 1. The van der Waals surface area contributed by atoms with Gasteiger partial charge in [0.1, 0.15) is 5.76 Å². The number of guanidine groups is 1. The first-order valence-electron chi connectivity index (χ1n) is 8.13. The van der Waals surface area contributed by atoms with Crippen LogP contribution in [0.5, 0.6) is 0 Å². The van der Waals surface area contributed by atoms with Crippen LogP contribution >= 0.6 is 24.0 Å². The largest absolute Gasteiger partial charge is 0.381 e. The molecule has 0 bridgehead atoms. The van der Waals surface area contributed by atoms with Crippen molar-refractivity contribution in [1.82, 2.24) is 15.8 Å². The van der Waals surface area contributed by atoms with Gasteiger partial charge in [-0.2, -0.15) is 0 Å². The highest BCUT2D eigenvalue weighted by molar-refractivity contribution is 14.0. The first kappa shape index (κ1) is 22.2. The van der Waals surface area contributed by atoms with Crippen molar-refractivity contribution in [2.75, 3.05) is 33.4 Å². The smallest absolute Gasteiger partial charge is 0.190 e. The molecule has 7 heteroatoms. The predicted molar refractivity (Wildman–Crippen MR) is 105 cm³/mol. The zero-order valence-electron chi connectivity index (χ0n) is 14.8. The number of halogens is 1. The van der Waals surface area contributed by atoms with Gasteiger partial charge < -0.3 is 19.9 Å². The summed E-state index contributed by atoms with van der Waals surface area (Å²) in [6, 6.07) is 0. The molecule has 0 atom stereocenters. The summed E-state index contributed by atoms with van der Waals surface area (Å²) in [5.74, 6) is 1.71. The Kier molecular flexibility index (Phi) is 13.1. The van der Waals surface area contributed by atoms with E-state index in [0.29, 0.717) is 0 Å². The van der Waals surface area contributed by atoms with E-state index in [2.05, 4.69) is 27.7 Å². The Hall–Kier alpha value is -0.830. The molecule has 0 unspecified atom stereocenters. The Bertz CT molecular complexity index is 430. The molecule has 1 aromatic heterocycles. The average Bonchev–Trinajstić information content (AvgIpc) is 2.84. The summed E-state index contributed by atoms with van der Waals surface area (Å²) in [6.45, 7) is 9.40. The molecule has 0 aliphatic rings. The SMILES string of the molecule is CCCCOCCCNC(=NC)NCCc1c(C)noc1C.I. The fourth-order valence-electron chi connectivity index (χ4n) is 2.11. The van der Waals surface area contributed by atoms with Crippen molar-refractivity contribution in [3.63, 3.8) is 0 Å². The second-order valence-corrected chi connectivity index (χ2v) is 5.30. The number of nitrogens with one attached hydrogen (secondary N) is 2. The van der Waals surface area contributed by atoms with Gasteiger partial charge in [-0.05, 0) is 33.1 Å². The maximum atomic E-state index is 5.53. The summed E-state index contributed by atoms with van der Waals surface area (Å²) < 4.78 is 10.7. The molecule has 0 aliphatic carbocycles. The third-order valence-corrected chi connectivity index (χ3v) is 3.47. The van der Waals surface area contributed by atoms with Gasteiger partial charge in [0.2, 0.25) is 0 Å². The fourth-order valence-corrected chi connectivity index (χ4v) is 2.11. The number of hydrogen-bond acceptors (Lipinski definition) is 4. The number of unbranched alkanes of at least 4 members (excludes halogenated alkanes) is 1. The summed E-state index contributed by atoms with van der Waals surface area (Å²) in [5.41, 5.74) is 2.14. The fraction of sp³-hybridized carbons (Fsp3) is 0.750. The van der Waals surface area contributed by atoms with Gasteiger partial charge in [0.25, 0.3) is 0 Å². The van der Waals surface area contributed by atoms with Crippen LogP contribution in [0, 0.1) is 13.8 Å². The average molecular weight is 438 g/mol. The molecular formula is C16H31IN4O2. The first-order valence-corrected chi connectivity index (χ1v) is 8.13. The van der Waals surface area contributed by atoms with Crippen molar-refractivity contribution in [1.29, 1.82) is 0 Å². The molecule has 1 heterocycles. The third kappa shape index (κ3) is 9.14. The Morgan fingerprint density at radius 3 is 2.48 bits per heavy atom. The van der Waals surface area contributed by atoms with Crippen LogP contribution in [0.4, 0.5) is 0 Å². The quantitative estimate of drug-likeness (QED) is 0.255. The van der Waals surface area contributed by atoms with Gasteiger partial charge in [-0.3, -0.25) is 4.99 Å². The van der Waals surface area contributed by atoms with Crippen molar-refractivity contribution < 1.29 is 9.26 Å². The second-order valence-electron chi connectivity index (χ2n) is 5.30. The molecule has 6 nitrogen and oxygen atoms in total. The molecule has 0 saturated heterocycles. The maximum Gasteiger partial charge on any atom is 0.190 e. The van der Waals surface area contributed by atoms with E-state index in [-0.39, 0.29) is 24.0 Å². The third-order valence-electron chi connectivity index (χ3n) is 3.47. The highest BCUT2D eigenvalue weighted by Crippen LogP contribution is 2.11. The number of rotatable bonds is 10. The van der Waals surface area contributed by atoms with Crippen LogP contribution in [0.25, 0.3) is 0 Å². The lowest BCUT2D eigenvalue weighted by atomic mass is 10.1. The van der Waals surface area contributed by atoms with Gasteiger partial charge in [-0.25, -0.2) is 0 Å². The molecule has 23 heavy (non-hydrogen) atoms. The van der Waals surface area contributed by atoms with Gasteiger partial charge in [0.05, 0.1) is 5.69 Å². The van der Waals surface area contributed by atoms with Gasteiger partial charge in [0, 0.05) is 38.9 Å². The first-order chi connectivity index (χ1) is 10.7. The monoisotopic (exact) mass is 438 g/mol. The molecule has 134 valence electrons. The molecule has 0 radical (unpaired) electrons. The Morgan fingerprint density at radius 2 is 1.87 bits per heavy atom. The molecular weight excluding hydrogens is 407 g/mol. The molecule has 0 amide bonds. The Morgan fingerprint density at radius 1 is 1.17 bits per heavy atom. The van der Waals surface area contributed by atoms with E-state index in [1.165, 1.54) is 12.0 Å². The van der Waals surface area contributed by atoms with E-state index in [4.69, 9.17) is 9.26 Å². The lowest BCUT2D eigenvalue weighted by Gasteiger charge is -2.11. The van der Waals surface area contributed by atoms with E-state index in [1.807, 2.05) is 13.8 Å². The normalized spacial score (nSPS) is 11.2. The van der Waals surface area contributed by atoms with Crippen LogP contribution in [0.15, 0.2) is 9.52 Å². The molecule has 0 aromatic carbocycles. The molecule has 1 aromatic rings. The van der Waals surface area contributed by atoms with Crippen LogP contribution < -0.4 is 10.6 Å². The van der Waals surface area contributed by atoms with Crippen LogP contribution in [-0.2, 0) is 11.2 Å². The number of nitrogens with zero attached hydrogens (tertiary/aromatic N) is 2. The van der Waals surface area contributed by atoms with E-state index in [1.54, 1.807) is 7.05 Å². The summed E-state index contributed by atoms with van der Waals surface area (Å²) in [5, 5.41) is 10.6. The van der Waals surface area contributed by atoms with Crippen molar-refractivity contribution in [3.05, 3.63) is 17.0 Å². The summed E-state index contributed by atoms with van der Waals surface area (Å²) in [4.78, 5) is 4.21. The lowest BCUT2D eigenvalue weighted by Crippen LogP contribution is -2.39. The minimum atomic E-state index is 0. The van der Waals surface area contributed by atoms with Crippen LogP contribution in [0.3, 0.4) is 0 Å². The molecule has 2 N–H and O–H groups in total. The predicted octanol–water partition coefficient (Wildman–Crippen LogP) is 2.82. The number of aromatic nitrogens is 1. The lowest BCUT2D eigenvalue weighted by molar-refractivity contribution is 0.129. The standard InChI is InChI=1S/C16H30N4O2.HI/c1-5-6-11-21-12-7-9-18-16(17-4)19-10-8-15-13(2)20-22-14(15)3;/h5-12H2,1-4H3,(H2,17,18,19);1H. The molecule has 1 rings (SSSR count). The molecule has 0 spiro atoms. The maximum absolute atomic E-state index is 5.53. The van der Waals surface area contributed by atoms with Gasteiger partial charge in [-0.15, -0.1) is 24.0 Å². The van der Waals surface area contributed by atoms with E-state index >= 15 is 0 Å². The van der Waals surface area contributed by atoms with Crippen molar-refractivity contribution in [2.24, 2.45) is 4.99 Å².